The van der Waals surface area contributed by atoms with Crippen molar-refractivity contribution in [3.8, 4) is 0 Å². The average Bonchev–Trinajstić information content (AvgIpc) is 2.59. The molecule has 126 valence electrons. The van der Waals surface area contributed by atoms with Gasteiger partial charge in [-0.3, -0.25) is 14.9 Å². The first-order valence-corrected chi connectivity index (χ1v) is 8.52. The van der Waals surface area contributed by atoms with Gasteiger partial charge >= 0.3 is 0 Å². The summed E-state index contributed by atoms with van der Waals surface area (Å²) in [6.07, 6.45) is 0.803. The van der Waals surface area contributed by atoms with Crippen LogP contribution in [0.2, 0.25) is 0 Å². The SMILES string of the molecule is CCC(C)N(Cc1ccccc1)C(=O)c1ccc(Br)c([N+](=O)[O-])c1. The van der Waals surface area contributed by atoms with Gasteiger partial charge in [-0.25, -0.2) is 0 Å². The number of nitrogens with zero attached hydrogens (tertiary/aromatic N) is 2. The van der Waals surface area contributed by atoms with E-state index in [-0.39, 0.29) is 17.6 Å². The van der Waals surface area contributed by atoms with Gasteiger partial charge in [-0.15, -0.1) is 0 Å². The highest BCUT2D eigenvalue weighted by atomic mass is 79.9. The maximum atomic E-state index is 12.9. The molecule has 0 aromatic heterocycles. The molecule has 0 heterocycles. The molecular formula is C18H19BrN2O3. The first kappa shape index (κ1) is 18.1. The Kier molecular flexibility index (Phi) is 6.09. The topological polar surface area (TPSA) is 63.5 Å². The molecule has 0 fully saturated rings. The van der Waals surface area contributed by atoms with Crippen LogP contribution in [0.4, 0.5) is 5.69 Å². The third-order valence-electron chi connectivity index (χ3n) is 3.97. The van der Waals surface area contributed by atoms with E-state index >= 15 is 0 Å². The van der Waals surface area contributed by atoms with Crippen LogP contribution in [-0.2, 0) is 6.54 Å². The van der Waals surface area contributed by atoms with Crippen LogP contribution in [0, 0.1) is 10.1 Å². The van der Waals surface area contributed by atoms with Gasteiger partial charge in [0.2, 0.25) is 0 Å². The van der Waals surface area contributed by atoms with Crippen LogP contribution in [0.3, 0.4) is 0 Å². The maximum Gasteiger partial charge on any atom is 0.284 e. The molecule has 0 bridgehead atoms. The quantitative estimate of drug-likeness (QED) is 0.525. The number of nitro groups is 1. The predicted molar refractivity (Wildman–Crippen MR) is 96.9 cm³/mol. The zero-order chi connectivity index (χ0) is 17.7. The summed E-state index contributed by atoms with van der Waals surface area (Å²) in [4.78, 5) is 25.3. The second kappa shape index (κ2) is 8.06. The molecule has 2 aromatic rings. The van der Waals surface area contributed by atoms with Crippen LogP contribution in [0.1, 0.15) is 36.2 Å². The van der Waals surface area contributed by atoms with Crippen molar-refractivity contribution in [3.63, 3.8) is 0 Å². The lowest BCUT2D eigenvalue weighted by atomic mass is 10.1. The molecule has 24 heavy (non-hydrogen) atoms. The number of carbonyl (C=O) groups is 1. The molecule has 0 aliphatic heterocycles. The predicted octanol–water partition coefficient (Wildman–Crippen LogP) is 4.80. The maximum absolute atomic E-state index is 12.9. The van der Waals surface area contributed by atoms with Crippen molar-refractivity contribution in [1.29, 1.82) is 0 Å². The number of rotatable bonds is 6. The minimum absolute atomic E-state index is 0.0282. The molecule has 1 atom stereocenters. The van der Waals surface area contributed by atoms with Gasteiger partial charge in [0.1, 0.15) is 0 Å². The Morgan fingerprint density at radius 1 is 1.25 bits per heavy atom. The first-order chi connectivity index (χ1) is 11.4. The molecule has 2 aromatic carbocycles. The summed E-state index contributed by atoms with van der Waals surface area (Å²) in [6, 6.07) is 14.2. The third-order valence-corrected chi connectivity index (χ3v) is 4.64. The van der Waals surface area contributed by atoms with Gasteiger partial charge in [0.05, 0.1) is 9.40 Å². The molecular weight excluding hydrogens is 372 g/mol. The van der Waals surface area contributed by atoms with Crippen LogP contribution in [0.25, 0.3) is 0 Å². The number of nitro benzene ring substituents is 1. The number of benzene rings is 2. The molecule has 1 amide bonds. The van der Waals surface area contributed by atoms with Gasteiger partial charge in [-0.05, 0) is 47.0 Å². The van der Waals surface area contributed by atoms with Gasteiger partial charge < -0.3 is 4.90 Å². The zero-order valence-electron chi connectivity index (χ0n) is 13.6. The number of hydrogen-bond donors (Lipinski definition) is 0. The molecule has 6 heteroatoms. The number of halogens is 1. The lowest BCUT2D eigenvalue weighted by Gasteiger charge is -2.29. The standard InChI is InChI=1S/C18H19BrN2O3/c1-3-13(2)20(12-14-7-5-4-6-8-14)18(22)15-9-10-16(19)17(11-15)21(23)24/h4-11,13H,3,12H2,1-2H3. The number of carbonyl (C=O) groups excluding carboxylic acids is 1. The van der Waals surface area contributed by atoms with Crippen LogP contribution in [0.15, 0.2) is 53.0 Å². The van der Waals surface area contributed by atoms with Gasteiger partial charge in [0.15, 0.2) is 0 Å². The van der Waals surface area contributed by atoms with Crippen molar-refractivity contribution in [2.45, 2.75) is 32.9 Å². The lowest BCUT2D eigenvalue weighted by molar-refractivity contribution is -0.385. The van der Waals surface area contributed by atoms with Crippen molar-refractivity contribution >= 4 is 27.5 Å². The van der Waals surface area contributed by atoms with E-state index in [4.69, 9.17) is 0 Å². The summed E-state index contributed by atoms with van der Waals surface area (Å²) in [6.45, 7) is 4.46. The van der Waals surface area contributed by atoms with Gasteiger partial charge in [0, 0.05) is 24.2 Å². The fourth-order valence-corrected chi connectivity index (χ4v) is 2.77. The summed E-state index contributed by atoms with van der Waals surface area (Å²) in [5.41, 5.74) is 1.24. The first-order valence-electron chi connectivity index (χ1n) is 7.72. The van der Waals surface area contributed by atoms with E-state index in [1.165, 1.54) is 6.07 Å². The van der Waals surface area contributed by atoms with Crippen LogP contribution < -0.4 is 0 Å². The Morgan fingerprint density at radius 2 is 1.92 bits per heavy atom. The molecule has 0 aliphatic rings. The van der Waals surface area contributed by atoms with Gasteiger partial charge in [-0.2, -0.15) is 0 Å². The largest absolute Gasteiger partial charge is 0.332 e. The van der Waals surface area contributed by atoms with E-state index < -0.39 is 4.92 Å². The molecule has 0 saturated heterocycles. The van der Waals surface area contributed by atoms with E-state index in [1.807, 2.05) is 44.2 Å². The fraction of sp³-hybridized carbons (Fsp3) is 0.278. The van der Waals surface area contributed by atoms with Crippen LogP contribution in [0.5, 0.6) is 0 Å². The summed E-state index contributed by atoms with van der Waals surface area (Å²) >= 11 is 3.15. The van der Waals surface area contributed by atoms with Crippen LogP contribution in [-0.4, -0.2) is 21.8 Å². The number of hydrogen-bond acceptors (Lipinski definition) is 3. The third kappa shape index (κ3) is 4.20. The van der Waals surface area contributed by atoms with E-state index in [1.54, 1.807) is 17.0 Å². The Labute approximate surface area is 149 Å². The highest BCUT2D eigenvalue weighted by Crippen LogP contribution is 2.27. The Morgan fingerprint density at radius 3 is 2.50 bits per heavy atom. The molecule has 0 N–H and O–H groups in total. The van der Waals surface area contributed by atoms with E-state index in [9.17, 15) is 14.9 Å². The zero-order valence-corrected chi connectivity index (χ0v) is 15.2. The fourth-order valence-electron chi connectivity index (χ4n) is 2.38. The summed E-state index contributed by atoms with van der Waals surface area (Å²) in [7, 11) is 0. The van der Waals surface area contributed by atoms with Crippen molar-refractivity contribution in [2.24, 2.45) is 0 Å². The van der Waals surface area contributed by atoms with Crippen molar-refractivity contribution < 1.29 is 9.72 Å². The lowest BCUT2D eigenvalue weighted by Crippen LogP contribution is -2.37. The summed E-state index contributed by atoms with van der Waals surface area (Å²) in [5.74, 6) is -0.205. The summed E-state index contributed by atoms with van der Waals surface area (Å²) < 4.78 is 0.363. The smallest absolute Gasteiger partial charge is 0.284 e. The molecule has 1 unspecified atom stereocenters. The minimum atomic E-state index is -0.494. The molecule has 0 aliphatic carbocycles. The van der Waals surface area contributed by atoms with Gasteiger partial charge in [0.25, 0.3) is 11.6 Å². The Bertz CT molecular complexity index is 734. The second-order valence-corrected chi connectivity index (χ2v) is 6.45. The van der Waals surface area contributed by atoms with E-state index in [0.717, 1.165) is 12.0 Å². The van der Waals surface area contributed by atoms with Crippen molar-refractivity contribution in [3.05, 3.63) is 74.2 Å². The molecule has 0 saturated carbocycles. The highest BCUT2D eigenvalue weighted by Gasteiger charge is 2.23. The molecule has 0 radical (unpaired) electrons. The van der Waals surface area contributed by atoms with E-state index in [0.29, 0.717) is 16.6 Å². The Hall–Kier alpha value is -2.21. The second-order valence-electron chi connectivity index (χ2n) is 5.60. The van der Waals surface area contributed by atoms with Crippen molar-refractivity contribution in [1.82, 2.24) is 4.90 Å². The average molecular weight is 391 g/mol. The molecule has 0 spiro atoms. The number of amides is 1. The summed E-state index contributed by atoms with van der Waals surface area (Å²) in [5, 5.41) is 11.1. The molecule has 5 nitrogen and oxygen atoms in total. The van der Waals surface area contributed by atoms with Gasteiger partial charge in [-0.1, -0.05) is 37.3 Å². The minimum Gasteiger partial charge on any atom is -0.332 e. The van der Waals surface area contributed by atoms with E-state index in [2.05, 4.69) is 15.9 Å². The molecule has 2 rings (SSSR count). The normalized spacial score (nSPS) is 11.8. The van der Waals surface area contributed by atoms with Crippen LogP contribution >= 0.6 is 15.9 Å². The monoisotopic (exact) mass is 390 g/mol. The van der Waals surface area contributed by atoms with Crippen molar-refractivity contribution in [2.75, 3.05) is 0 Å². The Balaban J connectivity index is 2.34. The highest BCUT2D eigenvalue weighted by molar-refractivity contribution is 9.10.